The number of anilines is 1. The first-order chi connectivity index (χ1) is 19.6. The van der Waals surface area contributed by atoms with Crippen molar-refractivity contribution < 1.29 is 14.2 Å². The van der Waals surface area contributed by atoms with Crippen LogP contribution in [0.5, 0.6) is 0 Å². The van der Waals surface area contributed by atoms with Crippen LogP contribution >= 0.6 is 11.3 Å². The summed E-state index contributed by atoms with van der Waals surface area (Å²) in [5, 5.41) is 5.47. The minimum Gasteiger partial charge on any atom is -0.497 e. The summed E-state index contributed by atoms with van der Waals surface area (Å²) in [7, 11) is 1.71. The fourth-order valence-electron chi connectivity index (χ4n) is 3.75. The first-order valence-corrected chi connectivity index (χ1v) is 14.7. The van der Waals surface area contributed by atoms with E-state index < -0.39 is 0 Å². The molecule has 0 spiro atoms. The Morgan fingerprint density at radius 1 is 1.18 bits per heavy atom. The monoisotopic (exact) mass is 568 g/mol. The zero-order valence-corrected chi connectivity index (χ0v) is 25.5. The summed E-state index contributed by atoms with van der Waals surface area (Å²) in [6.07, 6.45) is 13.5. The van der Waals surface area contributed by atoms with Gasteiger partial charge in [-0.3, -0.25) is 4.90 Å². The first-order valence-electron chi connectivity index (χ1n) is 13.8. The van der Waals surface area contributed by atoms with Gasteiger partial charge in [-0.05, 0) is 63.6 Å². The van der Waals surface area contributed by atoms with E-state index in [1.54, 1.807) is 36.8 Å². The second-order valence-corrected chi connectivity index (χ2v) is 9.72. The van der Waals surface area contributed by atoms with E-state index >= 15 is 0 Å². The number of nitrogens with one attached hydrogen (secondary N) is 1. The van der Waals surface area contributed by atoms with E-state index in [2.05, 4.69) is 66.0 Å². The van der Waals surface area contributed by atoms with Gasteiger partial charge in [0.05, 0.1) is 31.3 Å². The van der Waals surface area contributed by atoms with Gasteiger partial charge in [0.15, 0.2) is 0 Å². The highest BCUT2D eigenvalue weighted by Gasteiger charge is 2.11. The summed E-state index contributed by atoms with van der Waals surface area (Å²) >= 11 is 1.67. The second-order valence-electron chi connectivity index (χ2n) is 8.72. The van der Waals surface area contributed by atoms with Crippen molar-refractivity contribution in [2.24, 2.45) is 0 Å². The van der Waals surface area contributed by atoms with Crippen LogP contribution in [0.2, 0.25) is 0 Å². The minimum absolute atomic E-state index is 0.545. The third-order valence-corrected chi connectivity index (χ3v) is 6.55. The summed E-state index contributed by atoms with van der Waals surface area (Å²) in [5.41, 5.74) is 2.97. The van der Waals surface area contributed by atoms with E-state index in [1.165, 1.54) is 30.8 Å². The van der Waals surface area contributed by atoms with Crippen molar-refractivity contribution in [2.75, 3.05) is 51.9 Å². The average molecular weight is 569 g/mol. The molecule has 1 N–H and O–H groups in total. The number of ether oxygens (including phenoxy) is 3. The summed E-state index contributed by atoms with van der Waals surface area (Å²) in [5.74, 6) is 1.49. The van der Waals surface area contributed by atoms with Crippen LogP contribution in [0.15, 0.2) is 85.8 Å². The molecular formula is C32H48N4O3S. The fraction of sp³-hybridized carbons (Fsp3) is 0.438. The van der Waals surface area contributed by atoms with Gasteiger partial charge < -0.3 is 19.5 Å². The van der Waals surface area contributed by atoms with Crippen LogP contribution < -0.4 is 5.32 Å². The number of hydrogen-bond acceptors (Lipinski definition) is 8. The van der Waals surface area contributed by atoms with Crippen molar-refractivity contribution in [1.29, 1.82) is 0 Å². The Hall–Kier alpha value is -3.04. The highest BCUT2D eigenvalue weighted by molar-refractivity contribution is 7.10. The van der Waals surface area contributed by atoms with Gasteiger partial charge in [0.2, 0.25) is 5.95 Å². The number of nitrogens with zero attached hydrogens (tertiary/aromatic N) is 3. The number of likely N-dealkylation sites (tertiary alicyclic amines) is 1. The molecule has 1 aliphatic rings. The number of methoxy groups -OCH3 is 1. The van der Waals surface area contributed by atoms with Gasteiger partial charge in [-0.2, -0.15) is 0 Å². The Bertz CT molecular complexity index is 1030. The molecule has 220 valence electrons. The maximum Gasteiger partial charge on any atom is 0.227 e. The van der Waals surface area contributed by atoms with Gasteiger partial charge in [-0.15, -0.1) is 37.7 Å². The molecule has 2 aromatic heterocycles. The number of aromatic nitrogens is 2. The molecular weight excluding hydrogens is 520 g/mol. The van der Waals surface area contributed by atoms with Gasteiger partial charge in [0.1, 0.15) is 6.61 Å². The maximum absolute atomic E-state index is 6.13. The van der Waals surface area contributed by atoms with Gasteiger partial charge in [0.25, 0.3) is 0 Å². The van der Waals surface area contributed by atoms with E-state index in [0.717, 1.165) is 42.1 Å². The molecule has 0 radical (unpaired) electrons. The largest absolute Gasteiger partial charge is 0.497 e. The van der Waals surface area contributed by atoms with E-state index in [9.17, 15) is 0 Å². The van der Waals surface area contributed by atoms with Crippen molar-refractivity contribution in [3.05, 3.63) is 90.7 Å². The van der Waals surface area contributed by atoms with Crippen LogP contribution in [0.25, 0.3) is 11.3 Å². The number of allylic oxidation sites excluding steroid dienone is 4. The highest BCUT2D eigenvalue weighted by Crippen LogP contribution is 2.25. The van der Waals surface area contributed by atoms with Gasteiger partial charge in [0, 0.05) is 47.8 Å². The molecule has 0 atom stereocenters. The molecule has 0 saturated carbocycles. The van der Waals surface area contributed by atoms with Crippen LogP contribution in [-0.2, 0) is 20.8 Å². The molecule has 2 aromatic rings. The zero-order chi connectivity index (χ0) is 29.4. The predicted molar refractivity (Wildman–Crippen MR) is 171 cm³/mol. The number of hydrogen-bond donors (Lipinski definition) is 1. The quantitative estimate of drug-likeness (QED) is 0.0966. The van der Waals surface area contributed by atoms with Gasteiger partial charge in [-0.1, -0.05) is 19.1 Å². The lowest BCUT2D eigenvalue weighted by Gasteiger charge is -2.16. The normalized spacial score (nSPS) is 13.5. The van der Waals surface area contributed by atoms with E-state index in [1.807, 2.05) is 19.1 Å². The molecule has 3 rings (SSSR count). The molecule has 1 fully saturated rings. The van der Waals surface area contributed by atoms with Crippen LogP contribution in [0.4, 0.5) is 5.95 Å². The van der Waals surface area contributed by atoms with E-state index in [0.29, 0.717) is 32.4 Å². The summed E-state index contributed by atoms with van der Waals surface area (Å²) in [4.78, 5) is 12.8. The van der Waals surface area contributed by atoms with Gasteiger partial charge in [-0.25, -0.2) is 9.97 Å². The van der Waals surface area contributed by atoms with Crippen molar-refractivity contribution >= 4 is 17.3 Å². The highest BCUT2D eigenvalue weighted by atomic mass is 32.1. The van der Waals surface area contributed by atoms with Gasteiger partial charge >= 0.3 is 0 Å². The summed E-state index contributed by atoms with van der Waals surface area (Å²) in [6, 6.07) is 4.04. The molecule has 40 heavy (non-hydrogen) atoms. The molecule has 0 unspecified atom stereocenters. The Morgan fingerprint density at radius 3 is 2.60 bits per heavy atom. The molecule has 7 nitrogen and oxygen atoms in total. The van der Waals surface area contributed by atoms with Crippen molar-refractivity contribution in [1.82, 2.24) is 14.9 Å². The number of rotatable bonds is 16. The predicted octanol–water partition coefficient (Wildman–Crippen LogP) is 7.64. The van der Waals surface area contributed by atoms with Crippen molar-refractivity contribution in [3.8, 4) is 11.3 Å². The molecule has 0 aromatic carbocycles. The van der Waals surface area contributed by atoms with E-state index in [4.69, 9.17) is 19.2 Å². The third-order valence-electron chi connectivity index (χ3n) is 5.64. The van der Waals surface area contributed by atoms with E-state index in [-0.39, 0.29) is 0 Å². The smallest absolute Gasteiger partial charge is 0.227 e. The van der Waals surface area contributed by atoms with Crippen molar-refractivity contribution in [3.63, 3.8) is 0 Å². The Morgan fingerprint density at radius 2 is 1.93 bits per heavy atom. The molecule has 1 saturated heterocycles. The minimum atomic E-state index is 0.545. The molecule has 0 aliphatic carbocycles. The average Bonchev–Trinajstić information content (AvgIpc) is 3.67. The summed E-state index contributed by atoms with van der Waals surface area (Å²) in [6.45, 7) is 22.8. The lowest BCUT2D eigenvalue weighted by Crippen LogP contribution is -2.24. The fourth-order valence-corrected chi connectivity index (χ4v) is 4.60. The molecule has 3 heterocycles. The maximum atomic E-state index is 6.13. The SMILES string of the molecule is C=C.C=CC.C=CCOCC/C(=C\C=C(/CC)Nc1nccc(-c2csc(COC)c2)n1)OCCN1CCCC1. The Labute approximate surface area is 246 Å². The molecule has 0 amide bonds. The standard InChI is InChI=1S/C27H38N4O3S.C3H6.C2H4/c1-4-16-33-17-11-24(34-18-15-31-13-6-7-14-31)9-8-23(5-2)29-27-28-12-10-26(30-27)22-19-25(20-32-3)35-21-22;1-3-2;1-2/h4,8-10,12,19,21H,1,5-7,11,13-18,20H2,2-3H3,(H,28,29,30);3H,1H2,2H3;1-2H2/b23-8+,24-9+;;. The molecule has 0 bridgehead atoms. The first kappa shape index (κ1) is 35.0. The van der Waals surface area contributed by atoms with Crippen LogP contribution in [0.1, 0.15) is 44.4 Å². The number of thiophene rings is 1. The van der Waals surface area contributed by atoms with Crippen LogP contribution in [-0.4, -0.2) is 61.4 Å². The lowest BCUT2D eigenvalue weighted by molar-refractivity contribution is 0.126. The lowest BCUT2D eigenvalue weighted by atomic mass is 10.2. The zero-order valence-electron chi connectivity index (χ0n) is 24.7. The second kappa shape index (κ2) is 22.7. The molecule has 8 heteroatoms. The van der Waals surface area contributed by atoms with Crippen LogP contribution in [0, 0.1) is 0 Å². The topological polar surface area (TPSA) is 68.7 Å². The van der Waals surface area contributed by atoms with Crippen LogP contribution in [0.3, 0.4) is 0 Å². The summed E-state index contributed by atoms with van der Waals surface area (Å²) < 4.78 is 16.9. The molecule has 1 aliphatic heterocycles. The van der Waals surface area contributed by atoms with Crippen molar-refractivity contribution in [2.45, 2.75) is 46.1 Å². The Kier molecular flexibility index (Phi) is 19.9. The Balaban J connectivity index is 0.00000150. The third kappa shape index (κ3) is 14.4.